The SMILES string of the molecule is CCCC1NC2CCC(CC)C12. The van der Waals surface area contributed by atoms with Crippen molar-refractivity contribution in [1.82, 2.24) is 5.32 Å². The Kier molecular flexibility index (Phi) is 2.40. The van der Waals surface area contributed by atoms with Gasteiger partial charge in [-0.1, -0.05) is 26.7 Å². The van der Waals surface area contributed by atoms with Crippen LogP contribution in [0, 0.1) is 11.8 Å². The van der Waals surface area contributed by atoms with Crippen molar-refractivity contribution in [3.8, 4) is 0 Å². The number of nitrogens with one attached hydrogen (secondary N) is 1. The average molecular weight is 167 g/mol. The van der Waals surface area contributed by atoms with Gasteiger partial charge in [0.15, 0.2) is 0 Å². The minimum absolute atomic E-state index is 0.882. The van der Waals surface area contributed by atoms with Crippen LogP contribution in [0.4, 0.5) is 0 Å². The molecule has 0 bridgehead atoms. The lowest BCUT2D eigenvalue weighted by Crippen LogP contribution is -2.60. The smallest absolute Gasteiger partial charge is 0.0116 e. The van der Waals surface area contributed by atoms with Crippen molar-refractivity contribution in [3.63, 3.8) is 0 Å². The molecule has 2 rings (SSSR count). The molecular weight excluding hydrogens is 146 g/mol. The summed E-state index contributed by atoms with van der Waals surface area (Å²) in [5, 5.41) is 3.71. The first kappa shape index (κ1) is 8.55. The molecule has 2 fully saturated rings. The Hall–Kier alpha value is -0.0400. The molecule has 1 aliphatic carbocycles. The van der Waals surface area contributed by atoms with Crippen LogP contribution in [0.1, 0.15) is 46.0 Å². The van der Waals surface area contributed by atoms with Crippen LogP contribution in [0.3, 0.4) is 0 Å². The van der Waals surface area contributed by atoms with Gasteiger partial charge >= 0.3 is 0 Å². The molecule has 1 aliphatic heterocycles. The molecule has 70 valence electrons. The lowest BCUT2D eigenvalue weighted by molar-refractivity contribution is 0.122. The Morgan fingerprint density at radius 3 is 2.75 bits per heavy atom. The molecule has 4 unspecified atom stereocenters. The van der Waals surface area contributed by atoms with Gasteiger partial charge in [0.1, 0.15) is 0 Å². The zero-order valence-electron chi connectivity index (χ0n) is 8.34. The molecule has 1 saturated carbocycles. The summed E-state index contributed by atoms with van der Waals surface area (Å²) < 4.78 is 0. The number of fused-ring (bicyclic) bond motifs is 1. The van der Waals surface area contributed by atoms with E-state index in [1.165, 1.54) is 32.1 Å². The highest BCUT2D eigenvalue weighted by molar-refractivity contribution is 5.04. The highest BCUT2D eigenvalue weighted by atomic mass is 15.1. The Morgan fingerprint density at radius 2 is 2.08 bits per heavy atom. The van der Waals surface area contributed by atoms with E-state index in [9.17, 15) is 0 Å². The van der Waals surface area contributed by atoms with E-state index < -0.39 is 0 Å². The van der Waals surface area contributed by atoms with Crippen molar-refractivity contribution in [2.24, 2.45) is 11.8 Å². The van der Waals surface area contributed by atoms with E-state index in [0.29, 0.717) is 0 Å². The van der Waals surface area contributed by atoms with E-state index in [4.69, 9.17) is 0 Å². The Morgan fingerprint density at radius 1 is 1.25 bits per heavy atom. The largest absolute Gasteiger partial charge is 0.311 e. The van der Waals surface area contributed by atoms with Crippen molar-refractivity contribution in [2.45, 2.75) is 58.0 Å². The predicted octanol–water partition coefficient (Wildman–Crippen LogP) is 2.56. The van der Waals surface area contributed by atoms with Gasteiger partial charge < -0.3 is 5.32 Å². The normalized spacial score (nSPS) is 45.5. The molecule has 1 heterocycles. The maximum absolute atomic E-state index is 3.71. The second-order valence-corrected chi connectivity index (χ2v) is 4.49. The molecule has 2 aliphatic rings. The minimum Gasteiger partial charge on any atom is -0.311 e. The first-order valence-corrected chi connectivity index (χ1v) is 5.62. The van der Waals surface area contributed by atoms with Crippen molar-refractivity contribution in [1.29, 1.82) is 0 Å². The van der Waals surface area contributed by atoms with Crippen LogP contribution < -0.4 is 5.32 Å². The van der Waals surface area contributed by atoms with Gasteiger partial charge in [0.25, 0.3) is 0 Å². The maximum Gasteiger partial charge on any atom is 0.0116 e. The maximum atomic E-state index is 3.71. The van der Waals surface area contributed by atoms with E-state index in [1.54, 1.807) is 0 Å². The van der Waals surface area contributed by atoms with Gasteiger partial charge in [0, 0.05) is 12.1 Å². The van der Waals surface area contributed by atoms with Gasteiger partial charge in [-0.2, -0.15) is 0 Å². The lowest BCUT2D eigenvalue weighted by atomic mass is 9.77. The quantitative estimate of drug-likeness (QED) is 0.681. The summed E-state index contributed by atoms with van der Waals surface area (Å²) in [4.78, 5) is 0. The van der Waals surface area contributed by atoms with Gasteiger partial charge in [0.2, 0.25) is 0 Å². The number of hydrogen-bond donors (Lipinski definition) is 1. The Balaban J connectivity index is 1.90. The molecule has 0 aromatic carbocycles. The van der Waals surface area contributed by atoms with E-state index in [1.807, 2.05) is 0 Å². The zero-order chi connectivity index (χ0) is 8.55. The van der Waals surface area contributed by atoms with E-state index in [-0.39, 0.29) is 0 Å². The second-order valence-electron chi connectivity index (χ2n) is 4.49. The summed E-state index contributed by atoms with van der Waals surface area (Å²) in [5.41, 5.74) is 0. The van der Waals surface area contributed by atoms with Crippen LogP contribution in [0.25, 0.3) is 0 Å². The van der Waals surface area contributed by atoms with Crippen LogP contribution in [-0.4, -0.2) is 12.1 Å². The topological polar surface area (TPSA) is 12.0 Å². The van der Waals surface area contributed by atoms with E-state index >= 15 is 0 Å². The van der Waals surface area contributed by atoms with E-state index in [0.717, 1.165) is 23.9 Å². The molecular formula is C11H21N. The van der Waals surface area contributed by atoms with Crippen molar-refractivity contribution >= 4 is 0 Å². The van der Waals surface area contributed by atoms with Crippen LogP contribution >= 0.6 is 0 Å². The third-order valence-corrected chi connectivity index (χ3v) is 3.87. The first-order chi connectivity index (χ1) is 5.86. The third kappa shape index (κ3) is 1.19. The fourth-order valence-electron chi connectivity index (χ4n) is 3.24. The standard InChI is InChI=1S/C11H21N/c1-3-5-9-11-8(4-2)6-7-10(11)12-9/h8-12H,3-7H2,1-2H3. The number of hydrogen-bond acceptors (Lipinski definition) is 1. The average Bonchev–Trinajstić information content (AvgIpc) is 2.38. The monoisotopic (exact) mass is 167 g/mol. The molecule has 1 N–H and O–H groups in total. The van der Waals surface area contributed by atoms with Gasteiger partial charge in [-0.3, -0.25) is 0 Å². The highest BCUT2D eigenvalue weighted by Crippen LogP contribution is 2.43. The fraction of sp³-hybridized carbons (Fsp3) is 1.00. The molecule has 12 heavy (non-hydrogen) atoms. The number of rotatable bonds is 3. The lowest BCUT2D eigenvalue weighted by Gasteiger charge is -2.45. The summed E-state index contributed by atoms with van der Waals surface area (Å²) in [6.07, 6.45) is 7.08. The molecule has 1 nitrogen and oxygen atoms in total. The minimum atomic E-state index is 0.882. The Labute approximate surface area is 75.9 Å². The molecule has 1 saturated heterocycles. The molecule has 0 amide bonds. The van der Waals surface area contributed by atoms with Gasteiger partial charge in [-0.05, 0) is 31.1 Å². The van der Waals surface area contributed by atoms with Gasteiger partial charge in [-0.25, -0.2) is 0 Å². The molecule has 0 spiro atoms. The van der Waals surface area contributed by atoms with E-state index in [2.05, 4.69) is 19.2 Å². The van der Waals surface area contributed by atoms with Crippen LogP contribution in [0.5, 0.6) is 0 Å². The van der Waals surface area contributed by atoms with Gasteiger partial charge in [0.05, 0.1) is 0 Å². The molecule has 0 radical (unpaired) electrons. The van der Waals surface area contributed by atoms with Crippen LogP contribution in [0.2, 0.25) is 0 Å². The predicted molar refractivity (Wildman–Crippen MR) is 52.1 cm³/mol. The summed E-state index contributed by atoms with van der Waals surface area (Å²) in [6.45, 7) is 4.65. The molecule has 1 heteroatoms. The molecule has 0 aromatic heterocycles. The van der Waals surface area contributed by atoms with Gasteiger partial charge in [-0.15, -0.1) is 0 Å². The highest BCUT2D eigenvalue weighted by Gasteiger charge is 2.47. The fourth-order valence-corrected chi connectivity index (χ4v) is 3.24. The summed E-state index contributed by atoms with van der Waals surface area (Å²) in [5.74, 6) is 2.10. The Bertz CT molecular complexity index is 155. The third-order valence-electron chi connectivity index (χ3n) is 3.87. The first-order valence-electron chi connectivity index (χ1n) is 5.62. The molecule has 4 atom stereocenters. The van der Waals surface area contributed by atoms with Crippen molar-refractivity contribution < 1.29 is 0 Å². The molecule has 0 aromatic rings. The van der Waals surface area contributed by atoms with Crippen LogP contribution in [-0.2, 0) is 0 Å². The summed E-state index contributed by atoms with van der Waals surface area (Å²) >= 11 is 0. The van der Waals surface area contributed by atoms with Crippen molar-refractivity contribution in [3.05, 3.63) is 0 Å². The zero-order valence-corrected chi connectivity index (χ0v) is 8.34. The van der Waals surface area contributed by atoms with Crippen LogP contribution in [0.15, 0.2) is 0 Å². The summed E-state index contributed by atoms with van der Waals surface area (Å²) in [7, 11) is 0. The van der Waals surface area contributed by atoms with Crippen molar-refractivity contribution in [2.75, 3.05) is 0 Å². The second kappa shape index (κ2) is 3.37. The summed E-state index contributed by atoms with van der Waals surface area (Å²) in [6, 6.07) is 1.79.